The quantitative estimate of drug-likeness (QED) is 0.736. The van der Waals surface area contributed by atoms with Crippen molar-refractivity contribution in [2.24, 2.45) is 5.92 Å². The van der Waals surface area contributed by atoms with E-state index in [2.05, 4.69) is 13.8 Å². The summed E-state index contributed by atoms with van der Waals surface area (Å²) in [6.45, 7) is 6.83. The van der Waals surface area contributed by atoms with Gasteiger partial charge in [0.2, 0.25) is 5.91 Å². The molecule has 1 unspecified atom stereocenters. The molecule has 28 heavy (non-hydrogen) atoms. The Hall–Kier alpha value is -2.60. The van der Waals surface area contributed by atoms with Crippen molar-refractivity contribution in [3.8, 4) is 0 Å². The van der Waals surface area contributed by atoms with Crippen molar-refractivity contribution in [3.63, 3.8) is 0 Å². The average molecular weight is 384 g/mol. The third kappa shape index (κ3) is 5.45. The van der Waals surface area contributed by atoms with E-state index < -0.39 is 0 Å². The minimum atomic E-state index is -0.192. The van der Waals surface area contributed by atoms with Crippen LogP contribution in [-0.4, -0.2) is 60.5 Å². The van der Waals surface area contributed by atoms with Crippen LogP contribution in [0.15, 0.2) is 53.3 Å². The second kappa shape index (κ2) is 9.55. The highest BCUT2D eigenvalue weighted by atomic mass is 16.5. The normalized spacial score (nSPS) is 17.0. The molecule has 0 radical (unpaired) electrons. The van der Waals surface area contributed by atoms with Gasteiger partial charge in [0.25, 0.3) is 5.91 Å². The molecule has 0 N–H and O–H groups in total. The monoisotopic (exact) mass is 384 g/mol. The van der Waals surface area contributed by atoms with Crippen LogP contribution in [-0.2, 0) is 16.0 Å². The van der Waals surface area contributed by atoms with Gasteiger partial charge in [0, 0.05) is 26.2 Å². The van der Waals surface area contributed by atoms with Gasteiger partial charge in [-0.2, -0.15) is 0 Å². The summed E-state index contributed by atoms with van der Waals surface area (Å²) in [5, 5.41) is 0. The van der Waals surface area contributed by atoms with E-state index in [0.29, 0.717) is 50.7 Å². The maximum absolute atomic E-state index is 12.9. The van der Waals surface area contributed by atoms with Gasteiger partial charge < -0.3 is 19.0 Å². The van der Waals surface area contributed by atoms with E-state index in [9.17, 15) is 9.59 Å². The molecule has 0 spiro atoms. The predicted octanol–water partition coefficient (Wildman–Crippen LogP) is 2.85. The summed E-state index contributed by atoms with van der Waals surface area (Å²) in [6, 6.07) is 11.4. The van der Waals surface area contributed by atoms with Gasteiger partial charge >= 0.3 is 0 Å². The number of ether oxygens (including phenoxy) is 1. The number of carbonyl (C=O) groups is 2. The highest BCUT2D eigenvalue weighted by Crippen LogP contribution is 2.14. The third-order valence-corrected chi connectivity index (χ3v) is 4.75. The predicted molar refractivity (Wildman–Crippen MR) is 106 cm³/mol. The number of furan rings is 1. The highest BCUT2D eigenvalue weighted by molar-refractivity contribution is 5.93. The smallest absolute Gasteiger partial charge is 0.257 e. The van der Waals surface area contributed by atoms with E-state index in [0.717, 1.165) is 5.56 Å². The number of rotatable bonds is 7. The molecule has 1 aromatic carbocycles. The molecule has 1 aliphatic heterocycles. The lowest BCUT2D eigenvalue weighted by atomic mass is 10.1. The number of nitrogens with zero attached hydrogens (tertiary/aromatic N) is 2. The van der Waals surface area contributed by atoms with Crippen molar-refractivity contribution in [3.05, 3.63) is 60.1 Å². The summed E-state index contributed by atoms with van der Waals surface area (Å²) >= 11 is 0. The lowest BCUT2D eigenvalue weighted by molar-refractivity contribution is -0.134. The molecular weight excluding hydrogens is 356 g/mol. The first kappa shape index (κ1) is 20.1. The van der Waals surface area contributed by atoms with Gasteiger partial charge in [-0.15, -0.1) is 0 Å². The molecule has 6 heteroatoms. The van der Waals surface area contributed by atoms with Gasteiger partial charge in [0.15, 0.2) is 0 Å². The lowest BCUT2D eigenvalue weighted by Gasteiger charge is -2.36. The molecule has 0 bridgehead atoms. The van der Waals surface area contributed by atoms with Crippen molar-refractivity contribution in [2.45, 2.75) is 26.4 Å². The first-order valence-electron chi connectivity index (χ1n) is 9.77. The van der Waals surface area contributed by atoms with Crippen LogP contribution in [0.25, 0.3) is 0 Å². The zero-order valence-corrected chi connectivity index (χ0v) is 16.5. The second-order valence-corrected chi connectivity index (χ2v) is 7.61. The van der Waals surface area contributed by atoms with Crippen LogP contribution >= 0.6 is 0 Å². The molecule has 0 saturated carbocycles. The molecule has 1 saturated heterocycles. The van der Waals surface area contributed by atoms with Gasteiger partial charge in [-0.3, -0.25) is 9.59 Å². The minimum Gasteiger partial charge on any atom is -0.472 e. The molecular formula is C22H28N2O4. The van der Waals surface area contributed by atoms with Crippen LogP contribution < -0.4 is 0 Å². The Morgan fingerprint density at radius 2 is 2.00 bits per heavy atom. The molecule has 3 rings (SSSR count). The molecule has 6 nitrogen and oxygen atoms in total. The van der Waals surface area contributed by atoms with Crippen LogP contribution in [0.4, 0.5) is 0 Å². The van der Waals surface area contributed by atoms with E-state index in [1.807, 2.05) is 35.2 Å². The molecule has 1 aliphatic rings. The van der Waals surface area contributed by atoms with Gasteiger partial charge in [0.1, 0.15) is 6.26 Å². The Bertz CT molecular complexity index is 758. The summed E-state index contributed by atoms with van der Waals surface area (Å²) in [5.41, 5.74) is 1.54. The lowest BCUT2D eigenvalue weighted by Crippen LogP contribution is -2.51. The Morgan fingerprint density at radius 3 is 2.68 bits per heavy atom. The summed E-state index contributed by atoms with van der Waals surface area (Å²) in [7, 11) is 0. The largest absolute Gasteiger partial charge is 0.472 e. The van der Waals surface area contributed by atoms with E-state index in [1.165, 1.54) is 12.5 Å². The van der Waals surface area contributed by atoms with Crippen LogP contribution in [0.3, 0.4) is 0 Å². The summed E-state index contributed by atoms with van der Waals surface area (Å²) < 4.78 is 10.9. The van der Waals surface area contributed by atoms with Gasteiger partial charge in [-0.1, -0.05) is 44.2 Å². The zero-order valence-electron chi connectivity index (χ0n) is 16.5. The average Bonchev–Trinajstić information content (AvgIpc) is 3.22. The maximum Gasteiger partial charge on any atom is 0.257 e. The van der Waals surface area contributed by atoms with Gasteiger partial charge in [0.05, 0.1) is 31.0 Å². The molecule has 0 aliphatic carbocycles. The Labute approximate surface area is 166 Å². The van der Waals surface area contributed by atoms with E-state index in [1.54, 1.807) is 11.0 Å². The molecule has 2 amide bonds. The van der Waals surface area contributed by atoms with Crippen LogP contribution in [0.2, 0.25) is 0 Å². The number of benzene rings is 1. The van der Waals surface area contributed by atoms with E-state index in [-0.39, 0.29) is 17.9 Å². The molecule has 2 heterocycles. The first-order valence-corrected chi connectivity index (χ1v) is 9.77. The summed E-state index contributed by atoms with van der Waals surface area (Å²) in [6.07, 6.45) is 3.14. The zero-order chi connectivity index (χ0) is 19.9. The fourth-order valence-corrected chi connectivity index (χ4v) is 3.43. The Morgan fingerprint density at radius 1 is 1.21 bits per heavy atom. The van der Waals surface area contributed by atoms with Crippen molar-refractivity contribution in [2.75, 3.05) is 32.8 Å². The second-order valence-electron chi connectivity index (χ2n) is 7.61. The van der Waals surface area contributed by atoms with Crippen molar-refractivity contribution in [1.82, 2.24) is 9.80 Å². The topological polar surface area (TPSA) is 63.0 Å². The Balaban J connectivity index is 1.63. The summed E-state index contributed by atoms with van der Waals surface area (Å²) in [4.78, 5) is 29.1. The summed E-state index contributed by atoms with van der Waals surface area (Å²) in [5.74, 6) is 0.377. The van der Waals surface area contributed by atoms with Crippen molar-refractivity contribution in [1.29, 1.82) is 0 Å². The first-order chi connectivity index (χ1) is 13.5. The fourth-order valence-electron chi connectivity index (χ4n) is 3.43. The number of hydrogen-bond donors (Lipinski definition) is 0. The van der Waals surface area contributed by atoms with E-state index >= 15 is 0 Å². The minimum absolute atomic E-state index is 0.0620. The van der Waals surface area contributed by atoms with Crippen molar-refractivity contribution < 1.29 is 18.7 Å². The van der Waals surface area contributed by atoms with E-state index in [4.69, 9.17) is 9.15 Å². The SMILES string of the molecule is CC(C)CN(CC1CN(C(=O)c2ccoc2)CCO1)C(=O)Cc1ccccc1. The van der Waals surface area contributed by atoms with Gasteiger partial charge in [-0.05, 0) is 17.5 Å². The Kier molecular flexibility index (Phi) is 6.87. The highest BCUT2D eigenvalue weighted by Gasteiger charge is 2.28. The third-order valence-electron chi connectivity index (χ3n) is 4.75. The molecule has 150 valence electrons. The number of carbonyl (C=O) groups excluding carboxylic acids is 2. The van der Waals surface area contributed by atoms with Crippen molar-refractivity contribution >= 4 is 11.8 Å². The number of hydrogen-bond acceptors (Lipinski definition) is 4. The maximum atomic E-state index is 12.9. The van der Waals surface area contributed by atoms with Gasteiger partial charge in [-0.25, -0.2) is 0 Å². The van der Waals surface area contributed by atoms with Crippen LogP contribution in [0.1, 0.15) is 29.8 Å². The standard InChI is InChI=1S/C22H28N2O4/c1-17(2)13-24(21(25)12-18-6-4-3-5-7-18)15-20-14-23(9-11-28-20)22(26)19-8-10-27-16-19/h3-8,10,16-17,20H,9,11-15H2,1-2H3. The van der Waals surface area contributed by atoms with Crippen LogP contribution in [0, 0.1) is 5.92 Å². The molecule has 1 atom stereocenters. The molecule has 2 aromatic rings. The fraction of sp³-hybridized carbons (Fsp3) is 0.455. The van der Waals surface area contributed by atoms with Crippen LogP contribution in [0.5, 0.6) is 0 Å². The molecule has 1 fully saturated rings. The number of morpholine rings is 1. The molecule has 1 aromatic heterocycles. The number of amides is 2.